The molecule has 20 heavy (non-hydrogen) atoms. The molecule has 0 bridgehead atoms. The first-order valence-electron chi connectivity index (χ1n) is 6.13. The van der Waals surface area contributed by atoms with Crippen LogP contribution in [0.3, 0.4) is 0 Å². The summed E-state index contributed by atoms with van der Waals surface area (Å²) in [5.74, 6) is -0.342. The molecule has 1 fully saturated rings. The van der Waals surface area contributed by atoms with E-state index in [-0.39, 0.29) is 16.7 Å². The van der Waals surface area contributed by atoms with Crippen LogP contribution in [0.2, 0.25) is 0 Å². The highest BCUT2D eigenvalue weighted by Crippen LogP contribution is 2.19. The van der Waals surface area contributed by atoms with E-state index in [1.165, 1.54) is 18.5 Å². The highest BCUT2D eigenvalue weighted by atomic mass is 32.2. The Morgan fingerprint density at radius 2 is 2.30 bits per heavy atom. The highest BCUT2D eigenvalue weighted by Gasteiger charge is 2.25. The second kappa shape index (κ2) is 6.19. The van der Waals surface area contributed by atoms with Gasteiger partial charge in [-0.2, -0.15) is 0 Å². The van der Waals surface area contributed by atoms with Crippen LogP contribution in [0.4, 0.5) is 0 Å². The molecule has 1 saturated heterocycles. The van der Waals surface area contributed by atoms with E-state index in [1.54, 1.807) is 0 Å². The zero-order valence-corrected chi connectivity index (χ0v) is 12.6. The molecule has 0 radical (unpaired) electrons. The van der Waals surface area contributed by atoms with Gasteiger partial charge in [0, 0.05) is 30.9 Å². The normalized spacial score (nSPS) is 22.9. The van der Waals surface area contributed by atoms with Gasteiger partial charge in [0.1, 0.15) is 0 Å². The Kier molecular flexibility index (Phi) is 4.76. The molecule has 2 unspecified atom stereocenters. The Labute approximate surface area is 121 Å². The van der Waals surface area contributed by atoms with Crippen LogP contribution in [-0.2, 0) is 10.0 Å². The van der Waals surface area contributed by atoms with Crippen LogP contribution in [0.5, 0.6) is 0 Å². The zero-order valence-electron chi connectivity index (χ0n) is 10.9. The summed E-state index contributed by atoms with van der Waals surface area (Å²) in [5, 5.41) is 16.8. The van der Waals surface area contributed by atoms with E-state index in [2.05, 4.69) is 15.4 Å². The summed E-state index contributed by atoms with van der Waals surface area (Å²) in [6.07, 6.45) is -0.459. The van der Waals surface area contributed by atoms with E-state index in [9.17, 15) is 18.3 Å². The van der Waals surface area contributed by atoms with Crippen molar-refractivity contribution in [1.82, 2.24) is 15.4 Å². The minimum atomic E-state index is -3.52. The molecule has 4 N–H and O–H groups in total. The standard InChI is InChI=1S/C11H17N3O4S2/c1-12-20(17,18)8-2-10(19-6-8)11(16)14-4-7-3-13-5-9(7)15/h2,6-7,9,12-13,15H,3-5H2,1H3,(H,14,16). The molecule has 7 nitrogen and oxygen atoms in total. The number of hydrogen-bond acceptors (Lipinski definition) is 6. The lowest BCUT2D eigenvalue weighted by Gasteiger charge is -2.13. The molecular weight excluding hydrogens is 302 g/mol. The van der Waals surface area contributed by atoms with Crippen LogP contribution >= 0.6 is 11.3 Å². The maximum absolute atomic E-state index is 11.9. The van der Waals surface area contributed by atoms with Crippen molar-refractivity contribution >= 4 is 27.3 Å². The van der Waals surface area contributed by atoms with Gasteiger partial charge in [-0.05, 0) is 13.1 Å². The van der Waals surface area contributed by atoms with Crippen LogP contribution in [0.25, 0.3) is 0 Å². The Morgan fingerprint density at radius 3 is 2.90 bits per heavy atom. The molecule has 1 aromatic heterocycles. The lowest BCUT2D eigenvalue weighted by atomic mass is 10.1. The van der Waals surface area contributed by atoms with E-state index >= 15 is 0 Å². The largest absolute Gasteiger partial charge is 0.391 e. The van der Waals surface area contributed by atoms with E-state index in [0.717, 1.165) is 11.3 Å². The Morgan fingerprint density at radius 1 is 1.55 bits per heavy atom. The van der Waals surface area contributed by atoms with Crippen molar-refractivity contribution in [2.24, 2.45) is 5.92 Å². The molecule has 2 atom stereocenters. The van der Waals surface area contributed by atoms with Crippen LogP contribution < -0.4 is 15.4 Å². The summed E-state index contributed by atoms with van der Waals surface area (Å²) in [7, 11) is -2.20. The second-order valence-corrected chi connectivity index (χ2v) is 7.35. The lowest BCUT2D eigenvalue weighted by Crippen LogP contribution is -2.34. The number of aliphatic hydroxyl groups excluding tert-OH is 1. The van der Waals surface area contributed by atoms with Crippen LogP contribution in [0, 0.1) is 5.92 Å². The summed E-state index contributed by atoms with van der Waals surface area (Å²) in [6.45, 7) is 1.55. The molecule has 1 aromatic rings. The first-order chi connectivity index (χ1) is 9.44. The number of hydrogen-bond donors (Lipinski definition) is 4. The smallest absolute Gasteiger partial charge is 0.261 e. The summed E-state index contributed by atoms with van der Waals surface area (Å²) in [6, 6.07) is 1.34. The maximum Gasteiger partial charge on any atom is 0.261 e. The van der Waals surface area contributed by atoms with Gasteiger partial charge in [0.25, 0.3) is 5.91 Å². The molecule has 2 rings (SSSR count). The number of amides is 1. The highest BCUT2D eigenvalue weighted by molar-refractivity contribution is 7.89. The van der Waals surface area contributed by atoms with Crippen LogP contribution in [0.1, 0.15) is 9.67 Å². The van der Waals surface area contributed by atoms with Gasteiger partial charge in [0.2, 0.25) is 10.0 Å². The average molecular weight is 319 g/mol. The van der Waals surface area contributed by atoms with E-state index < -0.39 is 16.1 Å². The lowest BCUT2D eigenvalue weighted by molar-refractivity contribution is 0.0931. The minimum absolute atomic E-state index is 0.0144. The predicted octanol–water partition coefficient (Wildman–Crippen LogP) is -1.03. The Balaban J connectivity index is 1.96. The molecule has 1 aliphatic rings. The molecule has 0 spiro atoms. The fraction of sp³-hybridized carbons (Fsp3) is 0.545. The summed E-state index contributed by atoms with van der Waals surface area (Å²) in [5.41, 5.74) is 0. The number of nitrogens with one attached hydrogen (secondary N) is 3. The van der Waals surface area contributed by atoms with E-state index in [1.807, 2.05) is 0 Å². The van der Waals surface area contributed by atoms with E-state index in [4.69, 9.17) is 0 Å². The predicted molar refractivity (Wildman–Crippen MR) is 75.3 cm³/mol. The van der Waals surface area contributed by atoms with Gasteiger partial charge in [-0.25, -0.2) is 13.1 Å². The molecule has 0 aliphatic carbocycles. The fourth-order valence-corrected chi connectivity index (χ4v) is 3.85. The minimum Gasteiger partial charge on any atom is -0.391 e. The SMILES string of the molecule is CNS(=O)(=O)c1csc(C(=O)NCC2CNCC2O)c1. The van der Waals surface area contributed by atoms with Gasteiger partial charge in [-0.15, -0.1) is 11.3 Å². The van der Waals surface area contributed by atoms with E-state index in [0.29, 0.717) is 24.5 Å². The summed E-state index contributed by atoms with van der Waals surface area (Å²) < 4.78 is 25.3. The monoisotopic (exact) mass is 319 g/mol. The van der Waals surface area contributed by atoms with Crippen molar-refractivity contribution in [2.75, 3.05) is 26.7 Å². The number of β-amino-alcohol motifs (C(OH)–C–C–N with tert-alkyl or cyclic N) is 1. The molecule has 0 saturated carbocycles. The van der Waals surface area contributed by atoms with Crippen molar-refractivity contribution in [3.8, 4) is 0 Å². The first-order valence-corrected chi connectivity index (χ1v) is 8.49. The van der Waals surface area contributed by atoms with Gasteiger partial charge >= 0.3 is 0 Å². The fourth-order valence-electron chi connectivity index (χ4n) is 1.94. The Bertz CT molecular complexity index is 584. The van der Waals surface area contributed by atoms with Crippen molar-refractivity contribution in [3.63, 3.8) is 0 Å². The number of thiophene rings is 1. The molecule has 9 heteroatoms. The molecular formula is C11H17N3O4S2. The van der Waals surface area contributed by atoms with Crippen LogP contribution in [0.15, 0.2) is 16.3 Å². The molecule has 0 aromatic carbocycles. The zero-order chi connectivity index (χ0) is 14.8. The third-order valence-electron chi connectivity index (χ3n) is 3.21. The maximum atomic E-state index is 11.9. The van der Waals surface area contributed by atoms with Crippen molar-refractivity contribution in [2.45, 2.75) is 11.0 Å². The van der Waals surface area contributed by atoms with Crippen molar-refractivity contribution in [1.29, 1.82) is 0 Å². The third-order valence-corrected chi connectivity index (χ3v) is 5.68. The third kappa shape index (κ3) is 3.36. The van der Waals surface area contributed by atoms with Gasteiger partial charge < -0.3 is 15.7 Å². The van der Waals surface area contributed by atoms with Gasteiger partial charge in [0.05, 0.1) is 15.9 Å². The number of carbonyl (C=O) groups is 1. The van der Waals surface area contributed by atoms with Gasteiger partial charge in [0.15, 0.2) is 0 Å². The molecule has 112 valence electrons. The topological polar surface area (TPSA) is 108 Å². The Hall–Kier alpha value is -1.00. The van der Waals surface area contributed by atoms with Gasteiger partial charge in [-0.3, -0.25) is 4.79 Å². The summed E-state index contributed by atoms with van der Waals surface area (Å²) >= 11 is 1.07. The summed E-state index contributed by atoms with van der Waals surface area (Å²) in [4.78, 5) is 12.3. The molecule has 1 aliphatic heterocycles. The number of sulfonamides is 1. The molecule has 2 heterocycles. The van der Waals surface area contributed by atoms with Crippen molar-refractivity contribution < 1.29 is 18.3 Å². The first kappa shape index (κ1) is 15.4. The molecule has 1 amide bonds. The van der Waals surface area contributed by atoms with Gasteiger partial charge in [-0.1, -0.05) is 0 Å². The van der Waals surface area contributed by atoms with Crippen molar-refractivity contribution in [3.05, 3.63) is 16.3 Å². The average Bonchev–Trinajstić information content (AvgIpc) is 3.05. The number of aliphatic hydroxyl groups is 1. The number of rotatable bonds is 5. The quantitative estimate of drug-likeness (QED) is 0.555. The number of carbonyl (C=O) groups excluding carboxylic acids is 1. The van der Waals surface area contributed by atoms with Crippen LogP contribution in [-0.4, -0.2) is 52.2 Å². The second-order valence-electron chi connectivity index (χ2n) is 4.55.